The summed E-state index contributed by atoms with van der Waals surface area (Å²) in [6.07, 6.45) is -1.39. The molecule has 1 unspecified atom stereocenters. The minimum absolute atomic E-state index is 0.0898. The highest BCUT2D eigenvalue weighted by Crippen LogP contribution is 2.35. The van der Waals surface area contributed by atoms with Crippen molar-refractivity contribution >= 4 is 23.6 Å². The Bertz CT molecular complexity index is 544. The number of hydrogen-bond donors (Lipinski definition) is 1. The van der Waals surface area contributed by atoms with Crippen LogP contribution >= 0.6 is 11.6 Å². The van der Waals surface area contributed by atoms with Crippen molar-refractivity contribution < 1.29 is 22.7 Å². The zero-order valence-corrected chi connectivity index (χ0v) is 13.0. The first-order valence-electron chi connectivity index (χ1n) is 6.58. The number of nitrogens with one attached hydrogen (secondary N) is 1. The van der Waals surface area contributed by atoms with Gasteiger partial charge in [-0.15, -0.1) is 0 Å². The van der Waals surface area contributed by atoms with E-state index >= 15 is 0 Å². The fourth-order valence-corrected chi connectivity index (χ4v) is 1.92. The van der Waals surface area contributed by atoms with Crippen molar-refractivity contribution in [2.75, 3.05) is 13.7 Å². The first kappa shape index (κ1) is 18.5. The van der Waals surface area contributed by atoms with Crippen LogP contribution in [0.15, 0.2) is 24.3 Å². The third-order valence-electron chi connectivity index (χ3n) is 2.87. The number of halogens is 4. The van der Waals surface area contributed by atoms with E-state index in [1.807, 2.05) is 6.92 Å². The molecule has 122 valence electrons. The van der Waals surface area contributed by atoms with Crippen molar-refractivity contribution in [3.63, 3.8) is 0 Å². The molecule has 1 aromatic carbocycles. The molecule has 1 aromatic rings. The Labute approximate surface area is 132 Å². The molecule has 3 nitrogen and oxygen atoms in total. The molecule has 0 saturated heterocycles. The predicted octanol–water partition coefficient (Wildman–Crippen LogP) is 3.91. The van der Waals surface area contributed by atoms with Crippen LogP contribution in [0.3, 0.4) is 0 Å². The third-order valence-corrected chi connectivity index (χ3v) is 3.20. The van der Waals surface area contributed by atoms with Crippen LogP contribution in [-0.2, 0) is 15.7 Å². The van der Waals surface area contributed by atoms with E-state index in [0.717, 1.165) is 12.1 Å². The summed E-state index contributed by atoms with van der Waals surface area (Å²) in [6, 6.07) is 3.38. The fraction of sp³-hybridized carbons (Fsp3) is 0.400. The molecule has 0 spiro atoms. The molecule has 1 amide bonds. The molecule has 1 atom stereocenters. The van der Waals surface area contributed by atoms with Crippen molar-refractivity contribution in [2.45, 2.75) is 25.6 Å². The second-order valence-corrected chi connectivity index (χ2v) is 5.17. The van der Waals surface area contributed by atoms with Gasteiger partial charge in [-0.2, -0.15) is 13.2 Å². The number of benzene rings is 1. The minimum atomic E-state index is -4.53. The smallest absolute Gasteiger partial charge is 0.385 e. The second kappa shape index (κ2) is 8.19. The minimum Gasteiger partial charge on any atom is -0.385 e. The molecular formula is C15H17ClF3NO2. The quantitative estimate of drug-likeness (QED) is 0.800. The zero-order valence-electron chi connectivity index (χ0n) is 12.2. The molecule has 0 aromatic heterocycles. The lowest BCUT2D eigenvalue weighted by Crippen LogP contribution is -2.31. The molecule has 0 aliphatic heterocycles. The Balaban J connectivity index is 2.72. The Kier molecular flexibility index (Phi) is 6.90. The molecular weight excluding hydrogens is 319 g/mol. The van der Waals surface area contributed by atoms with Crippen LogP contribution in [0, 0.1) is 0 Å². The fourth-order valence-electron chi connectivity index (χ4n) is 1.69. The summed E-state index contributed by atoms with van der Waals surface area (Å²) in [5, 5.41) is 2.31. The summed E-state index contributed by atoms with van der Waals surface area (Å²) in [5.74, 6) is -0.382. The SMILES string of the molecule is COCCC(C)NC(=O)/C=C/c1ccc(Cl)c(C(F)(F)F)c1. The van der Waals surface area contributed by atoms with Crippen LogP contribution in [0.4, 0.5) is 13.2 Å². The number of methoxy groups -OCH3 is 1. The number of carbonyl (C=O) groups excluding carboxylic acids is 1. The monoisotopic (exact) mass is 335 g/mol. The van der Waals surface area contributed by atoms with Crippen LogP contribution in [0.2, 0.25) is 5.02 Å². The van der Waals surface area contributed by atoms with E-state index in [1.54, 1.807) is 7.11 Å². The van der Waals surface area contributed by atoms with Crippen LogP contribution in [0.5, 0.6) is 0 Å². The predicted molar refractivity (Wildman–Crippen MR) is 79.6 cm³/mol. The maximum absolute atomic E-state index is 12.7. The molecule has 0 aliphatic rings. The highest BCUT2D eigenvalue weighted by atomic mass is 35.5. The molecule has 22 heavy (non-hydrogen) atoms. The number of rotatable bonds is 6. The average molecular weight is 336 g/mol. The van der Waals surface area contributed by atoms with Gasteiger partial charge in [-0.1, -0.05) is 17.7 Å². The number of ether oxygens (including phenoxy) is 1. The van der Waals surface area contributed by atoms with Crippen LogP contribution in [0.1, 0.15) is 24.5 Å². The lowest BCUT2D eigenvalue weighted by Gasteiger charge is -2.11. The Morgan fingerprint density at radius 3 is 2.73 bits per heavy atom. The van der Waals surface area contributed by atoms with Crippen molar-refractivity contribution in [2.24, 2.45) is 0 Å². The van der Waals surface area contributed by atoms with E-state index < -0.39 is 11.7 Å². The highest BCUT2D eigenvalue weighted by molar-refractivity contribution is 6.31. The van der Waals surface area contributed by atoms with Gasteiger partial charge in [-0.3, -0.25) is 4.79 Å². The standard InChI is InChI=1S/C15H17ClF3NO2/c1-10(7-8-22-2)20-14(21)6-4-11-3-5-13(16)12(9-11)15(17,18)19/h3-6,9-10H,7-8H2,1-2H3,(H,20,21)/b6-4+. The van der Waals surface area contributed by atoms with E-state index in [0.29, 0.717) is 13.0 Å². The van der Waals surface area contributed by atoms with Gasteiger partial charge in [0.15, 0.2) is 0 Å². The van der Waals surface area contributed by atoms with Gasteiger partial charge in [0, 0.05) is 25.8 Å². The summed E-state index contributed by atoms with van der Waals surface area (Å²) in [6.45, 7) is 2.33. The molecule has 0 aliphatic carbocycles. The molecule has 1 N–H and O–H groups in total. The Morgan fingerprint density at radius 2 is 2.14 bits per heavy atom. The number of carbonyl (C=O) groups is 1. The Morgan fingerprint density at radius 1 is 1.45 bits per heavy atom. The molecule has 7 heteroatoms. The molecule has 0 fully saturated rings. The summed E-state index contributed by atoms with van der Waals surface area (Å²) in [7, 11) is 1.56. The Hall–Kier alpha value is -1.53. The number of hydrogen-bond acceptors (Lipinski definition) is 2. The lowest BCUT2D eigenvalue weighted by atomic mass is 10.1. The van der Waals surface area contributed by atoms with Crippen molar-refractivity contribution in [3.05, 3.63) is 40.4 Å². The van der Waals surface area contributed by atoms with E-state index in [1.165, 1.54) is 18.2 Å². The van der Waals surface area contributed by atoms with Crippen molar-refractivity contribution in [3.8, 4) is 0 Å². The van der Waals surface area contributed by atoms with E-state index in [9.17, 15) is 18.0 Å². The highest BCUT2D eigenvalue weighted by Gasteiger charge is 2.33. The van der Waals surface area contributed by atoms with Crippen LogP contribution in [0.25, 0.3) is 6.08 Å². The van der Waals surface area contributed by atoms with Gasteiger partial charge in [0.2, 0.25) is 5.91 Å². The van der Waals surface area contributed by atoms with Gasteiger partial charge >= 0.3 is 6.18 Å². The number of alkyl halides is 3. The van der Waals surface area contributed by atoms with E-state index in [4.69, 9.17) is 16.3 Å². The first-order valence-corrected chi connectivity index (χ1v) is 6.96. The summed E-state index contributed by atoms with van der Waals surface area (Å²) in [5.41, 5.74) is -0.679. The molecule has 0 radical (unpaired) electrons. The van der Waals surface area contributed by atoms with Gasteiger partial charge in [0.05, 0.1) is 10.6 Å². The molecule has 0 heterocycles. The van der Waals surface area contributed by atoms with E-state index in [2.05, 4.69) is 5.32 Å². The van der Waals surface area contributed by atoms with Gasteiger partial charge < -0.3 is 10.1 Å². The average Bonchev–Trinajstić information content (AvgIpc) is 2.43. The van der Waals surface area contributed by atoms with Crippen LogP contribution < -0.4 is 5.32 Å². The second-order valence-electron chi connectivity index (χ2n) is 4.76. The van der Waals surface area contributed by atoms with Crippen LogP contribution in [-0.4, -0.2) is 25.7 Å². The van der Waals surface area contributed by atoms with Gasteiger partial charge in [-0.25, -0.2) is 0 Å². The summed E-state index contributed by atoms with van der Waals surface area (Å²) in [4.78, 5) is 11.7. The van der Waals surface area contributed by atoms with Gasteiger partial charge in [0.1, 0.15) is 0 Å². The third kappa shape index (κ3) is 6.07. The summed E-state index contributed by atoms with van der Waals surface area (Å²) < 4.78 is 43.0. The van der Waals surface area contributed by atoms with Crippen molar-refractivity contribution in [1.82, 2.24) is 5.32 Å². The molecule has 0 bridgehead atoms. The normalized spacial score (nSPS) is 13.4. The molecule has 1 rings (SSSR count). The van der Waals surface area contributed by atoms with Crippen molar-refractivity contribution in [1.29, 1.82) is 0 Å². The lowest BCUT2D eigenvalue weighted by molar-refractivity contribution is -0.137. The van der Waals surface area contributed by atoms with Gasteiger partial charge in [0.25, 0.3) is 0 Å². The molecule has 0 saturated carbocycles. The maximum Gasteiger partial charge on any atom is 0.417 e. The topological polar surface area (TPSA) is 38.3 Å². The largest absolute Gasteiger partial charge is 0.417 e. The zero-order chi connectivity index (χ0) is 16.8. The first-order chi connectivity index (χ1) is 10.2. The van der Waals surface area contributed by atoms with E-state index in [-0.39, 0.29) is 22.5 Å². The van der Waals surface area contributed by atoms with Gasteiger partial charge in [-0.05, 0) is 37.1 Å². The summed E-state index contributed by atoms with van der Waals surface area (Å²) >= 11 is 5.53. The maximum atomic E-state index is 12.7. The number of amides is 1.